The summed E-state index contributed by atoms with van der Waals surface area (Å²) in [5.74, 6) is 0.565. The number of benzene rings is 2. The zero-order chi connectivity index (χ0) is 20.8. The number of rotatable bonds is 7. The molecule has 0 unspecified atom stereocenters. The maximum absolute atomic E-state index is 12.3. The number of nitrogens with one attached hydrogen (secondary N) is 2. The average Bonchev–Trinajstić information content (AvgIpc) is 3.18. The highest BCUT2D eigenvalue weighted by molar-refractivity contribution is 6.30. The van der Waals surface area contributed by atoms with E-state index in [4.69, 9.17) is 16.1 Å². The van der Waals surface area contributed by atoms with Crippen molar-refractivity contribution in [1.29, 1.82) is 0 Å². The number of aromatic nitrogens is 2. The van der Waals surface area contributed by atoms with E-state index in [2.05, 4.69) is 20.8 Å². The van der Waals surface area contributed by atoms with Crippen LogP contribution in [0.3, 0.4) is 0 Å². The van der Waals surface area contributed by atoms with E-state index < -0.39 is 0 Å². The van der Waals surface area contributed by atoms with E-state index in [1.165, 1.54) is 0 Å². The molecule has 0 aliphatic heterocycles. The molecule has 0 atom stereocenters. The van der Waals surface area contributed by atoms with Crippen molar-refractivity contribution < 1.29 is 14.1 Å². The highest BCUT2D eigenvalue weighted by Gasteiger charge is 2.12. The molecule has 2 aromatic carbocycles. The van der Waals surface area contributed by atoms with Crippen LogP contribution in [-0.4, -0.2) is 22.0 Å². The number of halogens is 1. The minimum absolute atomic E-state index is 0.0842. The number of carbonyl (C=O) groups is 2. The van der Waals surface area contributed by atoms with Crippen molar-refractivity contribution in [2.45, 2.75) is 33.1 Å². The van der Waals surface area contributed by atoms with Gasteiger partial charge in [-0.05, 0) is 48.9 Å². The average molecular weight is 413 g/mol. The number of nitrogens with zero attached hydrogens (tertiary/aromatic N) is 2. The first kappa shape index (κ1) is 20.5. The Labute approximate surface area is 173 Å². The molecule has 0 fully saturated rings. The lowest BCUT2D eigenvalue weighted by molar-refractivity contribution is -0.116. The van der Waals surface area contributed by atoms with Crippen LogP contribution in [0.1, 0.15) is 31.2 Å². The van der Waals surface area contributed by atoms with Crippen LogP contribution in [0.5, 0.6) is 0 Å². The van der Waals surface area contributed by atoms with Gasteiger partial charge in [-0.2, -0.15) is 4.98 Å². The molecule has 0 spiro atoms. The Morgan fingerprint density at radius 1 is 1.07 bits per heavy atom. The summed E-state index contributed by atoms with van der Waals surface area (Å²) in [4.78, 5) is 28.2. The Balaban J connectivity index is 1.58. The normalized spacial score (nSPS) is 10.6. The van der Waals surface area contributed by atoms with E-state index in [0.717, 1.165) is 11.1 Å². The topological polar surface area (TPSA) is 97.1 Å². The molecule has 2 amide bonds. The molecule has 2 N–H and O–H groups in total. The van der Waals surface area contributed by atoms with Crippen LogP contribution in [0.2, 0.25) is 5.02 Å². The van der Waals surface area contributed by atoms with Gasteiger partial charge in [-0.3, -0.25) is 9.59 Å². The third kappa shape index (κ3) is 5.65. The fourth-order valence-electron chi connectivity index (χ4n) is 2.59. The zero-order valence-corrected chi connectivity index (χ0v) is 16.9. The monoisotopic (exact) mass is 412 g/mol. The highest BCUT2D eigenvalue weighted by atomic mass is 35.5. The van der Waals surface area contributed by atoms with Gasteiger partial charge in [0.2, 0.25) is 23.5 Å². The van der Waals surface area contributed by atoms with Gasteiger partial charge < -0.3 is 15.2 Å². The lowest BCUT2D eigenvalue weighted by Gasteiger charge is -2.11. The van der Waals surface area contributed by atoms with Gasteiger partial charge in [0.25, 0.3) is 0 Å². The molecule has 7 nitrogen and oxygen atoms in total. The largest absolute Gasteiger partial charge is 0.339 e. The van der Waals surface area contributed by atoms with Gasteiger partial charge in [-0.15, -0.1) is 0 Å². The van der Waals surface area contributed by atoms with E-state index in [1.54, 1.807) is 43.3 Å². The molecule has 8 heteroatoms. The maximum atomic E-state index is 12.3. The Kier molecular flexibility index (Phi) is 6.61. The molecule has 3 rings (SSSR count). The number of hydrogen-bond donors (Lipinski definition) is 2. The lowest BCUT2D eigenvalue weighted by Crippen LogP contribution is -2.14. The van der Waals surface area contributed by atoms with Crippen molar-refractivity contribution >= 4 is 34.8 Å². The molecule has 1 heterocycles. The summed E-state index contributed by atoms with van der Waals surface area (Å²) in [5.41, 5.74) is 2.98. The van der Waals surface area contributed by atoms with Crippen molar-refractivity contribution in [2.75, 3.05) is 10.6 Å². The second-order valence-corrected chi connectivity index (χ2v) is 6.93. The summed E-state index contributed by atoms with van der Waals surface area (Å²) < 4.78 is 5.23. The number of anilines is 2. The molecule has 0 radical (unpaired) electrons. The quantitative estimate of drug-likeness (QED) is 0.590. The molecule has 0 aliphatic rings. The van der Waals surface area contributed by atoms with Gasteiger partial charge >= 0.3 is 0 Å². The van der Waals surface area contributed by atoms with Crippen LogP contribution in [-0.2, 0) is 16.0 Å². The van der Waals surface area contributed by atoms with Crippen LogP contribution in [0, 0.1) is 6.92 Å². The Morgan fingerprint density at radius 2 is 1.83 bits per heavy atom. The van der Waals surface area contributed by atoms with E-state index in [-0.39, 0.29) is 18.2 Å². The maximum Gasteiger partial charge on any atom is 0.227 e. The van der Waals surface area contributed by atoms with Gasteiger partial charge in [0.05, 0.1) is 0 Å². The minimum Gasteiger partial charge on any atom is -0.339 e. The Bertz CT molecular complexity index is 1020. The lowest BCUT2D eigenvalue weighted by atomic mass is 10.1. The third-order valence-electron chi connectivity index (χ3n) is 4.25. The summed E-state index contributed by atoms with van der Waals surface area (Å²) in [6.07, 6.45) is 0.892. The zero-order valence-electron chi connectivity index (χ0n) is 16.2. The molecule has 3 aromatic rings. The first-order valence-electron chi connectivity index (χ1n) is 9.23. The molecule has 0 bridgehead atoms. The predicted octanol–water partition coefficient (Wildman–Crippen LogP) is 4.62. The number of carbonyl (C=O) groups excluding carboxylic acids is 2. The third-order valence-corrected chi connectivity index (χ3v) is 4.50. The van der Waals surface area contributed by atoms with Crippen molar-refractivity contribution in [3.05, 3.63) is 58.9 Å². The van der Waals surface area contributed by atoms with E-state index in [1.807, 2.05) is 13.0 Å². The minimum atomic E-state index is -0.182. The highest BCUT2D eigenvalue weighted by Crippen LogP contribution is 2.22. The van der Waals surface area contributed by atoms with Crippen molar-refractivity contribution in [3.63, 3.8) is 0 Å². The summed E-state index contributed by atoms with van der Waals surface area (Å²) in [6, 6.07) is 12.5. The second kappa shape index (κ2) is 9.34. The fraction of sp³-hybridized carbons (Fsp3) is 0.238. The first-order chi connectivity index (χ1) is 13.9. The van der Waals surface area contributed by atoms with Gasteiger partial charge in [0.1, 0.15) is 0 Å². The molecule has 1 aromatic heterocycles. The number of hydrogen-bond acceptors (Lipinski definition) is 5. The predicted molar refractivity (Wildman–Crippen MR) is 112 cm³/mol. The SMILES string of the molecule is CCC(=O)Nc1ccc(C)c(NC(=O)CCc2nc(-c3ccc(Cl)cc3)no2)c1. The molecular weight excluding hydrogens is 392 g/mol. The van der Waals surface area contributed by atoms with Crippen LogP contribution in [0.25, 0.3) is 11.4 Å². The van der Waals surface area contributed by atoms with Gasteiger partial charge in [0, 0.05) is 41.2 Å². The van der Waals surface area contributed by atoms with E-state index in [9.17, 15) is 9.59 Å². The van der Waals surface area contributed by atoms with Crippen LogP contribution >= 0.6 is 11.6 Å². The molecule has 0 saturated heterocycles. The Morgan fingerprint density at radius 3 is 2.55 bits per heavy atom. The fourth-order valence-corrected chi connectivity index (χ4v) is 2.72. The van der Waals surface area contributed by atoms with Crippen molar-refractivity contribution in [2.24, 2.45) is 0 Å². The molecule has 150 valence electrons. The molecule has 0 aliphatic carbocycles. The van der Waals surface area contributed by atoms with E-state index >= 15 is 0 Å². The van der Waals surface area contributed by atoms with Gasteiger partial charge in [-0.1, -0.05) is 29.7 Å². The van der Waals surface area contributed by atoms with E-state index in [0.29, 0.717) is 41.0 Å². The second-order valence-electron chi connectivity index (χ2n) is 6.50. The summed E-state index contributed by atoms with van der Waals surface area (Å²) >= 11 is 5.88. The Hall–Kier alpha value is -3.19. The summed E-state index contributed by atoms with van der Waals surface area (Å²) in [6.45, 7) is 3.67. The van der Waals surface area contributed by atoms with Crippen LogP contribution in [0.15, 0.2) is 47.0 Å². The first-order valence-corrected chi connectivity index (χ1v) is 9.61. The van der Waals surface area contributed by atoms with Gasteiger partial charge in [-0.25, -0.2) is 0 Å². The molecule has 0 saturated carbocycles. The standard InChI is InChI=1S/C21H21ClN4O3/c1-3-18(27)23-16-9-4-13(2)17(12-16)24-19(28)10-11-20-25-21(26-29-20)14-5-7-15(22)8-6-14/h4-9,12H,3,10-11H2,1-2H3,(H,23,27)(H,24,28). The van der Waals surface area contributed by atoms with Crippen molar-refractivity contribution in [3.8, 4) is 11.4 Å². The molecule has 29 heavy (non-hydrogen) atoms. The van der Waals surface area contributed by atoms with Crippen LogP contribution < -0.4 is 10.6 Å². The smallest absolute Gasteiger partial charge is 0.227 e. The van der Waals surface area contributed by atoms with Crippen molar-refractivity contribution in [1.82, 2.24) is 10.1 Å². The summed E-state index contributed by atoms with van der Waals surface area (Å²) in [7, 11) is 0. The molecular formula is C21H21ClN4O3. The summed E-state index contributed by atoms with van der Waals surface area (Å²) in [5, 5.41) is 10.2. The number of aryl methyl sites for hydroxylation is 2. The van der Waals surface area contributed by atoms with Gasteiger partial charge in [0.15, 0.2) is 0 Å². The number of amides is 2. The van der Waals surface area contributed by atoms with Crippen LogP contribution in [0.4, 0.5) is 11.4 Å².